The molecule has 110 valence electrons. The van der Waals surface area contributed by atoms with Gasteiger partial charge in [0.15, 0.2) is 0 Å². The Labute approximate surface area is 119 Å². The van der Waals surface area contributed by atoms with Crippen molar-refractivity contribution in [2.24, 2.45) is 11.7 Å². The van der Waals surface area contributed by atoms with Crippen molar-refractivity contribution >= 4 is 11.6 Å². The van der Waals surface area contributed by atoms with Gasteiger partial charge in [0.05, 0.1) is 0 Å². The van der Waals surface area contributed by atoms with E-state index in [0.717, 1.165) is 6.54 Å². The number of carbonyl (C=O) groups excluding carboxylic acids is 1. The highest BCUT2D eigenvalue weighted by Gasteiger charge is 2.14. The monoisotopic (exact) mass is 278 g/mol. The average Bonchev–Trinajstić information content (AvgIpc) is 2.68. The summed E-state index contributed by atoms with van der Waals surface area (Å²) >= 11 is 0. The molecular formula is C16H23FN2O. The van der Waals surface area contributed by atoms with Crippen molar-refractivity contribution in [3.8, 4) is 0 Å². The highest BCUT2D eigenvalue weighted by Crippen LogP contribution is 2.25. The van der Waals surface area contributed by atoms with Gasteiger partial charge in [0.25, 0.3) is 0 Å². The molecule has 0 saturated heterocycles. The molecule has 2 rings (SSSR count). The van der Waals surface area contributed by atoms with Crippen LogP contribution in [0.4, 0.5) is 10.1 Å². The van der Waals surface area contributed by atoms with Gasteiger partial charge in [-0.25, -0.2) is 4.39 Å². The number of hydrogen-bond acceptors (Lipinski definition) is 2. The van der Waals surface area contributed by atoms with Crippen molar-refractivity contribution in [2.75, 3.05) is 11.9 Å². The lowest BCUT2D eigenvalue weighted by Crippen LogP contribution is -2.16. The summed E-state index contributed by atoms with van der Waals surface area (Å²) in [7, 11) is 0. The van der Waals surface area contributed by atoms with E-state index in [2.05, 4.69) is 5.32 Å². The van der Waals surface area contributed by atoms with Gasteiger partial charge in [-0.15, -0.1) is 0 Å². The van der Waals surface area contributed by atoms with E-state index in [9.17, 15) is 9.18 Å². The first-order chi connectivity index (χ1) is 9.58. The lowest BCUT2D eigenvalue weighted by molar-refractivity contribution is 0.1000. The Morgan fingerprint density at radius 3 is 2.55 bits per heavy atom. The second-order valence-electron chi connectivity index (χ2n) is 5.73. The summed E-state index contributed by atoms with van der Waals surface area (Å²) in [6.07, 6.45) is 7.65. The van der Waals surface area contributed by atoms with Gasteiger partial charge in [-0.1, -0.05) is 25.7 Å². The van der Waals surface area contributed by atoms with Crippen LogP contribution in [0.2, 0.25) is 0 Å². The fourth-order valence-corrected chi connectivity index (χ4v) is 2.83. The molecule has 0 aromatic heterocycles. The molecule has 1 fully saturated rings. The van der Waals surface area contributed by atoms with Crippen LogP contribution in [0.25, 0.3) is 0 Å². The van der Waals surface area contributed by atoms with Gasteiger partial charge in [-0.2, -0.15) is 0 Å². The summed E-state index contributed by atoms with van der Waals surface area (Å²) in [4.78, 5) is 11.2. The fraction of sp³-hybridized carbons (Fsp3) is 0.562. The van der Waals surface area contributed by atoms with E-state index in [-0.39, 0.29) is 11.4 Å². The minimum absolute atomic E-state index is 0.219. The maximum Gasteiger partial charge on any atom is 0.248 e. The van der Waals surface area contributed by atoms with Crippen LogP contribution in [0.15, 0.2) is 12.1 Å². The van der Waals surface area contributed by atoms with Gasteiger partial charge in [-0.05, 0) is 37.8 Å². The molecule has 20 heavy (non-hydrogen) atoms. The Balaban J connectivity index is 2.06. The maximum atomic E-state index is 13.8. The van der Waals surface area contributed by atoms with Crippen LogP contribution in [0.3, 0.4) is 0 Å². The average molecular weight is 278 g/mol. The number of amides is 1. The number of benzene rings is 1. The molecule has 0 bridgehead atoms. The molecular weight excluding hydrogens is 255 g/mol. The number of halogens is 1. The Hall–Kier alpha value is -1.58. The van der Waals surface area contributed by atoms with Crippen molar-refractivity contribution < 1.29 is 9.18 Å². The number of hydrogen-bond donors (Lipinski definition) is 2. The molecule has 3 nitrogen and oxygen atoms in total. The van der Waals surface area contributed by atoms with Gasteiger partial charge in [-0.3, -0.25) is 4.79 Å². The molecule has 0 unspecified atom stereocenters. The SMILES string of the molecule is Cc1c(F)cc(C(N)=O)cc1NCC1CCCCCC1. The first-order valence-electron chi connectivity index (χ1n) is 7.41. The van der Waals surface area contributed by atoms with Crippen LogP contribution in [-0.4, -0.2) is 12.5 Å². The molecule has 1 aromatic carbocycles. The van der Waals surface area contributed by atoms with E-state index < -0.39 is 5.91 Å². The number of anilines is 1. The third-order valence-electron chi connectivity index (χ3n) is 4.18. The molecule has 0 spiro atoms. The first-order valence-corrected chi connectivity index (χ1v) is 7.41. The zero-order chi connectivity index (χ0) is 14.5. The topological polar surface area (TPSA) is 55.1 Å². The summed E-state index contributed by atoms with van der Waals surface area (Å²) in [5.74, 6) is -0.344. The highest BCUT2D eigenvalue weighted by atomic mass is 19.1. The number of nitrogens with one attached hydrogen (secondary N) is 1. The molecule has 1 amide bonds. The van der Waals surface area contributed by atoms with E-state index in [0.29, 0.717) is 17.2 Å². The first kappa shape index (κ1) is 14.8. The molecule has 1 aromatic rings. The van der Waals surface area contributed by atoms with Crippen LogP contribution < -0.4 is 11.1 Å². The van der Waals surface area contributed by atoms with E-state index in [1.165, 1.54) is 44.6 Å². The highest BCUT2D eigenvalue weighted by molar-refractivity contribution is 5.94. The van der Waals surface area contributed by atoms with Crippen molar-refractivity contribution in [1.29, 1.82) is 0 Å². The van der Waals surface area contributed by atoms with Gasteiger partial charge in [0.2, 0.25) is 5.91 Å². The standard InChI is InChI=1S/C16H23FN2O/c1-11-14(17)8-13(16(18)20)9-15(11)19-10-12-6-4-2-3-5-7-12/h8-9,12,19H,2-7,10H2,1H3,(H2,18,20). The predicted octanol–water partition coefficient (Wildman–Crippen LogP) is 3.62. The fourth-order valence-electron chi connectivity index (χ4n) is 2.83. The quantitative estimate of drug-likeness (QED) is 0.827. The van der Waals surface area contributed by atoms with Crippen molar-refractivity contribution in [3.63, 3.8) is 0 Å². The Morgan fingerprint density at radius 1 is 1.30 bits per heavy atom. The normalized spacial score (nSPS) is 16.7. The molecule has 0 atom stereocenters. The van der Waals surface area contributed by atoms with Gasteiger partial charge >= 0.3 is 0 Å². The zero-order valence-electron chi connectivity index (χ0n) is 12.0. The lowest BCUT2D eigenvalue weighted by Gasteiger charge is -2.17. The number of carbonyl (C=O) groups is 1. The van der Waals surface area contributed by atoms with Crippen LogP contribution in [-0.2, 0) is 0 Å². The van der Waals surface area contributed by atoms with Crippen molar-refractivity contribution in [1.82, 2.24) is 0 Å². The summed E-state index contributed by atoms with van der Waals surface area (Å²) in [5.41, 5.74) is 6.68. The number of primary amides is 1. The van der Waals surface area contributed by atoms with E-state index in [4.69, 9.17) is 5.73 Å². The molecule has 1 aliphatic carbocycles. The van der Waals surface area contributed by atoms with Crippen LogP contribution in [0.1, 0.15) is 54.4 Å². The zero-order valence-corrected chi connectivity index (χ0v) is 12.0. The van der Waals surface area contributed by atoms with Crippen LogP contribution >= 0.6 is 0 Å². The third-order valence-corrected chi connectivity index (χ3v) is 4.18. The number of nitrogens with two attached hydrogens (primary N) is 1. The smallest absolute Gasteiger partial charge is 0.248 e. The van der Waals surface area contributed by atoms with Crippen LogP contribution in [0, 0.1) is 18.7 Å². The second kappa shape index (κ2) is 6.73. The van der Waals surface area contributed by atoms with Crippen molar-refractivity contribution in [2.45, 2.75) is 45.4 Å². The van der Waals surface area contributed by atoms with Gasteiger partial charge in [0, 0.05) is 23.4 Å². The Morgan fingerprint density at radius 2 is 1.95 bits per heavy atom. The molecule has 0 radical (unpaired) electrons. The molecule has 3 N–H and O–H groups in total. The molecule has 1 saturated carbocycles. The van der Waals surface area contributed by atoms with Crippen LogP contribution in [0.5, 0.6) is 0 Å². The molecule has 4 heteroatoms. The molecule has 1 aliphatic rings. The largest absolute Gasteiger partial charge is 0.384 e. The van der Waals surface area contributed by atoms with Gasteiger partial charge in [0.1, 0.15) is 5.82 Å². The summed E-state index contributed by atoms with van der Waals surface area (Å²) in [6.45, 7) is 2.55. The minimum atomic E-state index is -0.596. The molecule has 0 heterocycles. The predicted molar refractivity (Wildman–Crippen MR) is 79.3 cm³/mol. The summed E-state index contributed by atoms with van der Waals surface area (Å²) in [6, 6.07) is 2.85. The number of rotatable bonds is 4. The van der Waals surface area contributed by atoms with E-state index in [1.807, 2.05) is 0 Å². The lowest BCUT2D eigenvalue weighted by atomic mass is 10.00. The van der Waals surface area contributed by atoms with E-state index >= 15 is 0 Å². The summed E-state index contributed by atoms with van der Waals surface area (Å²) < 4.78 is 13.8. The maximum absolute atomic E-state index is 13.8. The Kier molecular flexibility index (Phi) is 4.99. The Bertz CT molecular complexity index is 480. The minimum Gasteiger partial charge on any atom is -0.384 e. The second-order valence-corrected chi connectivity index (χ2v) is 5.73. The molecule has 0 aliphatic heterocycles. The van der Waals surface area contributed by atoms with Gasteiger partial charge < -0.3 is 11.1 Å². The third kappa shape index (κ3) is 3.71. The van der Waals surface area contributed by atoms with Crippen molar-refractivity contribution in [3.05, 3.63) is 29.1 Å². The summed E-state index contributed by atoms with van der Waals surface area (Å²) in [5, 5.41) is 3.30. The van der Waals surface area contributed by atoms with E-state index in [1.54, 1.807) is 13.0 Å².